The van der Waals surface area contributed by atoms with E-state index >= 15 is 0 Å². The van der Waals surface area contributed by atoms with Crippen LogP contribution < -0.4 is 11.0 Å². The maximum atomic E-state index is 12.2. The maximum Gasteiger partial charge on any atom is 0.352 e. The normalized spacial score (nSPS) is 12.3. The van der Waals surface area contributed by atoms with Gasteiger partial charge in [0.25, 0.3) is 5.78 Å². The molecule has 1 amide bonds. The molecule has 0 aliphatic rings. The van der Waals surface area contributed by atoms with E-state index in [1.165, 1.54) is 10.6 Å². The molecule has 0 fully saturated rings. The molecule has 0 aliphatic carbocycles. The fourth-order valence-corrected chi connectivity index (χ4v) is 2.56. The average molecular weight is 366 g/mol. The molecular weight excluding hydrogens is 353 g/mol. The van der Waals surface area contributed by atoms with E-state index in [4.69, 9.17) is 23.2 Å². The number of nitrogens with zero attached hydrogens (tertiary/aromatic N) is 4. The molecule has 2 heterocycles. The molecule has 7 nitrogen and oxygen atoms in total. The van der Waals surface area contributed by atoms with E-state index in [1.54, 1.807) is 30.5 Å². The van der Waals surface area contributed by atoms with Gasteiger partial charge in [-0.2, -0.15) is 0 Å². The summed E-state index contributed by atoms with van der Waals surface area (Å²) in [6.45, 7) is 1.61. The van der Waals surface area contributed by atoms with Crippen LogP contribution in [0, 0.1) is 0 Å². The second kappa shape index (κ2) is 6.62. The minimum atomic E-state index is -0.421. The first-order chi connectivity index (χ1) is 11.5. The number of rotatable bonds is 4. The summed E-state index contributed by atoms with van der Waals surface area (Å²) in [5, 5.41) is 7.67. The Hall–Kier alpha value is -2.38. The number of carbonyl (C=O) groups is 1. The lowest BCUT2D eigenvalue weighted by Gasteiger charge is -2.14. The van der Waals surface area contributed by atoms with Gasteiger partial charge in [-0.1, -0.05) is 29.3 Å². The van der Waals surface area contributed by atoms with Crippen LogP contribution >= 0.6 is 23.2 Å². The molecule has 0 unspecified atom stereocenters. The highest BCUT2D eigenvalue weighted by atomic mass is 35.5. The highest BCUT2D eigenvalue weighted by molar-refractivity contribution is 6.42. The standard InChI is InChI=1S/C15H13Cl2N5O2/c1-9(10-3-4-11(16)12(17)7-10)19-13(23)8-22-15(24)21-6-2-5-18-14(21)20-22/h2-7,9H,8H2,1H3,(H,19,23)/t9-/m0/s1. The van der Waals surface area contributed by atoms with Crippen molar-refractivity contribution in [2.45, 2.75) is 19.5 Å². The van der Waals surface area contributed by atoms with Crippen LogP contribution in [0.4, 0.5) is 0 Å². The first kappa shape index (κ1) is 16.5. The van der Waals surface area contributed by atoms with Gasteiger partial charge in [-0.25, -0.2) is 18.9 Å². The third-order valence-corrected chi connectivity index (χ3v) is 4.22. The Morgan fingerprint density at radius 1 is 1.33 bits per heavy atom. The predicted molar refractivity (Wildman–Crippen MR) is 90.3 cm³/mol. The van der Waals surface area contributed by atoms with Crippen molar-refractivity contribution >= 4 is 34.9 Å². The molecule has 0 saturated heterocycles. The van der Waals surface area contributed by atoms with Gasteiger partial charge < -0.3 is 5.32 Å². The van der Waals surface area contributed by atoms with Crippen molar-refractivity contribution in [3.63, 3.8) is 0 Å². The van der Waals surface area contributed by atoms with Gasteiger partial charge in [0.15, 0.2) is 0 Å². The summed E-state index contributed by atoms with van der Waals surface area (Å²) >= 11 is 11.9. The van der Waals surface area contributed by atoms with Crippen molar-refractivity contribution < 1.29 is 4.79 Å². The summed E-state index contributed by atoms with van der Waals surface area (Å²) in [7, 11) is 0. The largest absolute Gasteiger partial charge is 0.352 e. The number of amides is 1. The lowest BCUT2D eigenvalue weighted by atomic mass is 10.1. The number of carbonyl (C=O) groups excluding carboxylic acids is 1. The summed E-state index contributed by atoms with van der Waals surface area (Å²) in [4.78, 5) is 28.3. The predicted octanol–water partition coefficient (Wildman–Crippen LogP) is 2.08. The Morgan fingerprint density at radius 3 is 2.83 bits per heavy atom. The molecule has 0 bridgehead atoms. The van der Waals surface area contributed by atoms with Crippen molar-refractivity contribution in [3.05, 3.63) is 62.8 Å². The highest BCUT2D eigenvalue weighted by Crippen LogP contribution is 2.25. The lowest BCUT2D eigenvalue weighted by Crippen LogP contribution is -2.34. The second-order valence-corrected chi connectivity index (χ2v) is 6.01. The molecule has 1 N–H and O–H groups in total. The summed E-state index contributed by atoms with van der Waals surface area (Å²) in [6.07, 6.45) is 3.07. The molecule has 124 valence electrons. The van der Waals surface area contributed by atoms with Crippen molar-refractivity contribution in [2.75, 3.05) is 0 Å². The molecule has 2 aromatic heterocycles. The van der Waals surface area contributed by atoms with Crippen LogP contribution in [-0.2, 0) is 11.3 Å². The number of fused-ring (bicyclic) bond motifs is 1. The zero-order chi connectivity index (χ0) is 17.3. The van der Waals surface area contributed by atoms with Gasteiger partial charge in [0, 0.05) is 12.4 Å². The molecular formula is C15H13Cl2N5O2. The number of nitrogens with one attached hydrogen (secondary N) is 1. The monoisotopic (exact) mass is 365 g/mol. The minimum Gasteiger partial charge on any atom is -0.348 e. The zero-order valence-corrected chi connectivity index (χ0v) is 14.1. The Kier molecular flexibility index (Phi) is 4.55. The zero-order valence-electron chi connectivity index (χ0n) is 12.6. The third kappa shape index (κ3) is 3.27. The molecule has 3 aromatic rings. The van der Waals surface area contributed by atoms with Gasteiger partial charge in [-0.15, -0.1) is 5.10 Å². The fourth-order valence-electron chi connectivity index (χ4n) is 2.25. The average Bonchev–Trinajstić information content (AvgIpc) is 2.86. The fraction of sp³-hybridized carbons (Fsp3) is 0.200. The van der Waals surface area contributed by atoms with Crippen LogP contribution in [0.1, 0.15) is 18.5 Å². The number of benzene rings is 1. The van der Waals surface area contributed by atoms with E-state index in [0.29, 0.717) is 10.0 Å². The summed E-state index contributed by atoms with van der Waals surface area (Å²) in [5.41, 5.74) is 0.386. The highest BCUT2D eigenvalue weighted by Gasteiger charge is 2.14. The van der Waals surface area contributed by atoms with E-state index in [2.05, 4.69) is 15.4 Å². The van der Waals surface area contributed by atoms with Crippen LogP contribution in [0.3, 0.4) is 0 Å². The molecule has 24 heavy (non-hydrogen) atoms. The summed E-state index contributed by atoms with van der Waals surface area (Å²) < 4.78 is 2.34. The molecule has 3 rings (SSSR count). The van der Waals surface area contributed by atoms with Crippen LogP contribution in [0.25, 0.3) is 5.78 Å². The number of hydrogen-bond acceptors (Lipinski definition) is 4. The molecule has 1 aromatic carbocycles. The topological polar surface area (TPSA) is 81.3 Å². The summed E-state index contributed by atoms with van der Waals surface area (Å²) in [5.74, 6) is -0.105. The Balaban J connectivity index is 1.73. The van der Waals surface area contributed by atoms with Crippen LogP contribution in [-0.4, -0.2) is 25.1 Å². The van der Waals surface area contributed by atoms with E-state index in [9.17, 15) is 9.59 Å². The number of halogens is 2. The van der Waals surface area contributed by atoms with E-state index in [0.717, 1.165) is 10.2 Å². The molecule has 0 radical (unpaired) electrons. The van der Waals surface area contributed by atoms with Crippen LogP contribution in [0.2, 0.25) is 10.0 Å². The van der Waals surface area contributed by atoms with Gasteiger partial charge in [0.05, 0.1) is 16.1 Å². The minimum absolute atomic E-state index is 0.201. The van der Waals surface area contributed by atoms with Crippen LogP contribution in [0.5, 0.6) is 0 Å². The van der Waals surface area contributed by atoms with E-state index < -0.39 is 5.69 Å². The van der Waals surface area contributed by atoms with Crippen molar-refractivity contribution in [1.82, 2.24) is 24.5 Å². The Morgan fingerprint density at radius 2 is 2.12 bits per heavy atom. The number of hydrogen-bond donors (Lipinski definition) is 1. The molecule has 1 atom stereocenters. The second-order valence-electron chi connectivity index (χ2n) is 5.19. The molecule has 0 spiro atoms. The lowest BCUT2D eigenvalue weighted by molar-refractivity contribution is -0.122. The van der Waals surface area contributed by atoms with Gasteiger partial charge in [-0.3, -0.25) is 4.79 Å². The molecule has 0 saturated carbocycles. The molecule has 0 aliphatic heterocycles. The number of aromatic nitrogens is 4. The maximum absolute atomic E-state index is 12.2. The van der Waals surface area contributed by atoms with Crippen molar-refractivity contribution in [2.24, 2.45) is 0 Å². The first-order valence-electron chi connectivity index (χ1n) is 7.10. The Labute approximate surface area is 146 Å². The summed E-state index contributed by atoms with van der Waals surface area (Å²) in [6, 6.07) is 6.46. The van der Waals surface area contributed by atoms with Gasteiger partial charge in [0.1, 0.15) is 6.54 Å². The Bertz CT molecular complexity index is 966. The first-order valence-corrected chi connectivity index (χ1v) is 7.86. The van der Waals surface area contributed by atoms with Gasteiger partial charge >= 0.3 is 5.69 Å². The SMILES string of the molecule is C[C@H](NC(=O)Cn1nc2ncccn2c1=O)c1ccc(Cl)c(Cl)c1. The third-order valence-electron chi connectivity index (χ3n) is 3.48. The quantitative estimate of drug-likeness (QED) is 0.767. The molecule has 9 heteroatoms. The van der Waals surface area contributed by atoms with Gasteiger partial charge in [0.2, 0.25) is 5.91 Å². The van der Waals surface area contributed by atoms with E-state index in [-0.39, 0.29) is 24.3 Å². The van der Waals surface area contributed by atoms with Gasteiger partial charge in [-0.05, 0) is 30.7 Å². The van der Waals surface area contributed by atoms with E-state index in [1.807, 2.05) is 6.92 Å². The van der Waals surface area contributed by atoms with Crippen molar-refractivity contribution in [1.29, 1.82) is 0 Å². The van der Waals surface area contributed by atoms with Crippen LogP contribution in [0.15, 0.2) is 41.5 Å². The smallest absolute Gasteiger partial charge is 0.348 e. The van der Waals surface area contributed by atoms with Crippen molar-refractivity contribution in [3.8, 4) is 0 Å².